The van der Waals surface area contributed by atoms with E-state index in [1.807, 2.05) is 34.1 Å². The van der Waals surface area contributed by atoms with Gasteiger partial charge in [-0.3, -0.25) is 4.79 Å². The van der Waals surface area contributed by atoms with Gasteiger partial charge in [-0.05, 0) is 47.2 Å². The Kier molecular flexibility index (Phi) is 4.11. The number of carbonyl (C=O) groups is 1. The van der Waals surface area contributed by atoms with E-state index >= 15 is 0 Å². The van der Waals surface area contributed by atoms with Crippen LogP contribution in [0.5, 0.6) is 0 Å². The summed E-state index contributed by atoms with van der Waals surface area (Å²) in [4.78, 5) is 16.4. The zero-order valence-corrected chi connectivity index (χ0v) is 12.0. The van der Waals surface area contributed by atoms with Crippen LogP contribution >= 0.6 is 22.6 Å². The molecule has 1 aromatic carbocycles. The predicted molar refractivity (Wildman–Crippen MR) is 75.1 cm³/mol. The molecule has 2 aromatic rings. The van der Waals surface area contributed by atoms with E-state index < -0.39 is 0 Å². The van der Waals surface area contributed by atoms with E-state index in [4.69, 9.17) is 0 Å². The normalized spacial score (nSPS) is 10.6. The van der Waals surface area contributed by atoms with E-state index in [-0.39, 0.29) is 11.6 Å². The van der Waals surface area contributed by atoms with Crippen molar-refractivity contribution in [2.24, 2.45) is 0 Å². The summed E-state index contributed by atoms with van der Waals surface area (Å²) in [5.41, 5.74) is 0.487. The molecule has 0 spiro atoms. The lowest BCUT2D eigenvalue weighted by atomic mass is 10.1. The highest BCUT2D eigenvalue weighted by atomic mass is 127. The summed E-state index contributed by atoms with van der Waals surface area (Å²) in [7, 11) is 0. The van der Waals surface area contributed by atoms with Crippen molar-refractivity contribution in [2.75, 3.05) is 0 Å². The molecule has 2 rings (SSSR count). The lowest BCUT2D eigenvalue weighted by Gasteiger charge is -2.06. The fraction of sp³-hybridized carbons (Fsp3) is 0.231. The van der Waals surface area contributed by atoms with Crippen LogP contribution in [-0.2, 0) is 6.54 Å². The average molecular weight is 358 g/mol. The molecule has 0 atom stereocenters. The highest BCUT2D eigenvalue weighted by molar-refractivity contribution is 14.1. The molecule has 0 aliphatic carbocycles. The summed E-state index contributed by atoms with van der Waals surface area (Å²) in [6.07, 6.45) is 4.32. The highest BCUT2D eigenvalue weighted by Crippen LogP contribution is 2.17. The second kappa shape index (κ2) is 5.60. The second-order valence-corrected chi connectivity index (χ2v) is 5.06. The van der Waals surface area contributed by atoms with E-state index in [1.54, 1.807) is 12.4 Å². The van der Waals surface area contributed by atoms with Crippen molar-refractivity contribution in [2.45, 2.75) is 19.9 Å². The number of aryl methyl sites for hydroxylation is 1. The number of rotatable bonds is 4. The summed E-state index contributed by atoms with van der Waals surface area (Å²) < 4.78 is 15.4. The fourth-order valence-corrected chi connectivity index (χ4v) is 2.46. The van der Waals surface area contributed by atoms with Crippen LogP contribution in [-0.4, -0.2) is 15.3 Å². The third-order valence-electron chi connectivity index (χ3n) is 2.56. The first-order chi connectivity index (χ1) is 8.63. The van der Waals surface area contributed by atoms with Gasteiger partial charge in [-0.1, -0.05) is 6.92 Å². The van der Waals surface area contributed by atoms with Crippen LogP contribution in [0.3, 0.4) is 0 Å². The van der Waals surface area contributed by atoms with Crippen molar-refractivity contribution in [1.82, 2.24) is 9.55 Å². The maximum Gasteiger partial charge on any atom is 0.229 e. The number of benzene rings is 1. The summed E-state index contributed by atoms with van der Waals surface area (Å²) in [5, 5.41) is 0. The Morgan fingerprint density at radius 3 is 2.94 bits per heavy atom. The van der Waals surface area contributed by atoms with Crippen LogP contribution in [0.15, 0.2) is 30.6 Å². The number of hydrogen-bond acceptors (Lipinski definition) is 2. The fourth-order valence-electron chi connectivity index (χ4n) is 1.73. The van der Waals surface area contributed by atoms with Crippen molar-refractivity contribution >= 4 is 28.4 Å². The Balaban J connectivity index is 2.38. The predicted octanol–water partition coefficient (Wildman–Crippen LogP) is 3.27. The summed E-state index contributed by atoms with van der Waals surface area (Å²) in [6.45, 7) is 2.79. The molecule has 0 aliphatic heterocycles. The van der Waals surface area contributed by atoms with Gasteiger partial charge in [0.2, 0.25) is 5.78 Å². The van der Waals surface area contributed by atoms with Gasteiger partial charge in [-0.15, -0.1) is 0 Å². The number of ketones is 1. The number of nitrogens with zero attached hydrogens (tertiary/aromatic N) is 2. The molecule has 0 N–H and O–H groups in total. The summed E-state index contributed by atoms with van der Waals surface area (Å²) in [6, 6.07) is 4.15. The maximum atomic E-state index is 13.0. The Bertz CT molecular complexity index is 580. The van der Waals surface area contributed by atoms with E-state index in [0.717, 1.165) is 13.0 Å². The molecule has 1 heterocycles. The van der Waals surface area contributed by atoms with Gasteiger partial charge in [-0.25, -0.2) is 9.37 Å². The molecule has 94 valence electrons. The monoisotopic (exact) mass is 358 g/mol. The molecular weight excluding hydrogens is 346 g/mol. The van der Waals surface area contributed by atoms with Crippen molar-refractivity contribution in [3.8, 4) is 0 Å². The molecule has 0 fully saturated rings. The Morgan fingerprint density at radius 2 is 2.28 bits per heavy atom. The second-order valence-electron chi connectivity index (χ2n) is 3.90. The van der Waals surface area contributed by atoms with Crippen LogP contribution in [0.4, 0.5) is 4.39 Å². The zero-order valence-electron chi connectivity index (χ0n) is 9.86. The van der Waals surface area contributed by atoms with Crippen LogP contribution in [0.25, 0.3) is 0 Å². The molecule has 5 heteroatoms. The van der Waals surface area contributed by atoms with Gasteiger partial charge < -0.3 is 4.57 Å². The molecule has 0 saturated heterocycles. The van der Waals surface area contributed by atoms with Crippen molar-refractivity contribution < 1.29 is 9.18 Å². The van der Waals surface area contributed by atoms with Crippen LogP contribution < -0.4 is 0 Å². The van der Waals surface area contributed by atoms with Crippen LogP contribution in [0.1, 0.15) is 29.5 Å². The van der Waals surface area contributed by atoms with Gasteiger partial charge >= 0.3 is 0 Å². The topological polar surface area (TPSA) is 34.9 Å². The van der Waals surface area contributed by atoms with Crippen molar-refractivity contribution in [1.29, 1.82) is 0 Å². The summed E-state index contributed by atoms with van der Waals surface area (Å²) >= 11 is 1.96. The number of imidazole rings is 1. The first-order valence-electron chi connectivity index (χ1n) is 5.64. The van der Waals surface area contributed by atoms with E-state index in [0.29, 0.717) is 15.0 Å². The molecule has 0 unspecified atom stereocenters. The Hall–Kier alpha value is -1.24. The number of halogens is 2. The zero-order chi connectivity index (χ0) is 13.1. The van der Waals surface area contributed by atoms with E-state index in [9.17, 15) is 9.18 Å². The minimum Gasteiger partial charge on any atom is -0.328 e. The molecule has 0 amide bonds. The largest absolute Gasteiger partial charge is 0.328 e. The van der Waals surface area contributed by atoms with Crippen LogP contribution in [0.2, 0.25) is 0 Å². The molecule has 0 saturated carbocycles. The minimum atomic E-state index is -0.340. The molecule has 1 aromatic heterocycles. The van der Waals surface area contributed by atoms with Gasteiger partial charge in [-0.2, -0.15) is 0 Å². The van der Waals surface area contributed by atoms with Gasteiger partial charge in [0.25, 0.3) is 0 Å². The maximum absolute atomic E-state index is 13.0. The summed E-state index contributed by atoms with van der Waals surface area (Å²) in [5.74, 6) is -0.105. The quantitative estimate of drug-likeness (QED) is 0.621. The average Bonchev–Trinajstić information content (AvgIpc) is 2.77. The highest BCUT2D eigenvalue weighted by Gasteiger charge is 2.17. The Labute approximate surface area is 118 Å². The van der Waals surface area contributed by atoms with E-state index in [1.165, 1.54) is 18.2 Å². The third-order valence-corrected chi connectivity index (χ3v) is 3.45. The number of carbonyl (C=O) groups excluding carboxylic acids is 1. The molecular formula is C13H12FIN2O. The Morgan fingerprint density at radius 1 is 1.50 bits per heavy atom. The lowest BCUT2D eigenvalue weighted by molar-refractivity contribution is 0.102. The standard InChI is InChI=1S/C13H12FIN2O/c1-2-6-17-7-5-16-13(17)12(18)10-4-3-9(14)8-11(10)15/h3-5,7-8H,2,6H2,1H3. The first-order valence-corrected chi connectivity index (χ1v) is 6.72. The molecule has 0 radical (unpaired) electrons. The van der Waals surface area contributed by atoms with Gasteiger partial charge in [0, 0.05) is 28.1 Å². The minimum absolute atomic E-state index is 0.169. The molecule has 18 heavy (non-hydrogen) atoms. The van der Waals surface area contributed by atoms with Crippen molar-refractivity contribution in [3.05, 3.63) is 51.4 Å². The molecule has 0 bridgehead atoms. The SMILES string of the molecule is CCCn1ccnc1C(=O)c1ccc(F)cc1I. The number of aromatic nitrogens is 2. The first kappa shape index (κ1) is 13.2. The van der Waals surface area contributed by atoms with E-state index in [2.05, 4.69) is 4.98 Å². The number of hydrogen-bond donors (Lipinski definition) is 0. The third kappa shape index (κ3) is 2.60. The van der Waals surface area contributed by atoms with Gasteiger partial charge in [0.1, 0.15) is 5.82 Å². The molecule has 3 nitrogen and oxygen atoms in total. The van der Waals surface area contributed by atoms with Gasteiger partial charge in [0.05, 0.1) is 0 Å². The van der Waals surface area contributed by atoms with Crippen molar-refractivity contribution in [3.63, 3.8) is 0 Å². The van der Waals surface area contributed by atoms with Crippen LogP contribution in [0, 0.1) is 9.39 Å². The smallest absolute Gasteiger partial charge is 0.229 e. The lowest BCUT2D eigenvalue weighted by Crippen LogP contribution is -2.12. The van der Waals surface area contributed by atoms with Gasteiger partial charge in [0.15, 0.2) is 5.82 Å². The molecule has 0 aliphatic rings.